The highest BCUT2D eigenvalue weighted by Crippen LogP contribution is 2.47. The van der Waals surface area contributed by atoms with Crippen LogP contribution in [0.3, 0.4) is 0 Å². The Hall–Kier alpha value is -0.120. The molecular weight excluding hydrogens is 262 g/mol. The van der Waals surface area contributed by atoms with E-state index in [1.807, 2.05) is 0 Å². The van der Waals surface area contributed by atoms with Crippen LogP contribution in [0.1, 0.15) is 65.2 Å². The Morgan fingerprint density at radius 3 is 2.48 bits per heavy atom. The average molecular weight is 295 g/mol. The van der Waals surface area contributed by atoms with Gasteiger partial charge >= 0.3 is 0 Å². The third-order valence-corrected chi connectivity index (χ3v) is 6.33. The molecule has 2 saturated heterocycles. The third-order valence-electron chi connectivity index (χ3n) is 6.33. The minimum Gasteiger partial charge on any atom is -0.381 e. The lowest BCUT2D eigenvalue weighted by Gasteiger charge is -2.49. The zero-order valence-electron chi connectivity index (χ0n) is 14.0. The first-order valence-electron chi connectivity index (χ1n) is 9.13. The topological polar surface area (TPSA) is 30.5 Å². The number of nitrogens with one attached hydrogen (secondary N) is 1. The molecule has 1 spiro atoms. The van der Waals surface area contributed by atoms with Gasteiger partial charge in [-0.2, -0.15) is 0 Å². The molecule has 0 aromatic heterocycles. The van der Waals surface area contributed by atoms with E-state index in [-0.39, 0.29) is 5.60 Å². The number of rotatable bonds is 4. The molecule has 122 valence electrons. The molecule has 2 aliphatic heterocycles. The molecule has 2 atom stereocenters. The molecule has 1 aliphatic carbocycles. The Balaban J connectivity index is 1.72. The quantitative estimate of drug-likeness (QED) is 0.861. The maximum atomic E-state index is 6.25. The minimum absolute atomic E-state index is 0.129. The van der Waals surface area contributed by atoms with Gasteiger partial charge in [-0.05, 0) is 56.4 Å². The molecule has 0 radical (unpaired) electrons. The summed E-state index contributed by atoms with van der Waals surface area (Å²) in [5.41, 5.74) is 0.633. The van der Waals surface area contributed by atoms with E-state index in [2.05, 4.69) is 19.2 Å². The van der Waals surface area contributed by atoms with Crippen LogP contribution in [0.15, 0.2) is 0 Å². The van der Waals surface area contributed by atoms with E-state index < -0.39 is 0 Å². The molecule has 1 saturated carbocycles. The first-order valence-corrected chi connectivity index (χ1v) is 9.13. The summed E-state index contributed by atoms with van der Waals surface area (Å²) in [6.07, 6.45) is 10.3. The zero-order chi connectivity index (χ0) is 14.8. The Morgan fingerprint density at radius 2 is 1.81 bits per heavy atom. The Labute approximate surface area is 130 Å². The zero-order valence-corrected chi connectivity index (χ0v) is 14.0. The summed E-state index contributed by atoms with van der Waals surface area (Å²) in [7, 11) is 0. The average Bonchev–Trinajstić information content (AvgIpc) is 2.93. The first kappa shape index (κ1) is 15.8. The van der Waals surface area contributed by atoms with Crippen LogP contribution in [0.2, 0.25) is 0 Å². The van der Waals surface area contributed by atoms with Gasteiger partial charge in [0, 0.05) is 25.9 Å². The molecule has 2 unspecified atom stereocenters. The van der Waals surface area contributed by atoms with Crippen LogP contribution in [-0.2, 0) is 9.47 Å². The van der Waals surface area contributed by atoms with E-state index in [4.69, 9.17) is 9.47 Å². The first-order chi connectivity index (χ1) is 10.2. The van der Waals surface area contributed by atoms with Gasteiger partial charge < -0.3 is 14.8 Å². The van der Waals surface area contributed by atoms with Crippen molar-refractivity contribution in [1.82, 2.24) is 5.32 Å². The summed E-state index contributed by atoms with van der Waals surface area (Å²) in [4.78, 5) is 0. The molecular formula is C18H33NO2. The Morgan fingerprint density at radius 1 is 1.10 bits per heavy atom. The van der Waals surface area contributed by atoms with Gasteiger partial charge in [0.2, 0.25) is 0 Å². The van der Waals surface area contributed by atoms with Gasteiger partial charge in [-0.1, -0.05) is 26.7 Å². The van der Waals surface area contributed by atoms with Gasteiger partial charge in [-0.15, -0.1) is 0 Å². The van der Waals surface area contributed by atoms with E-state index in [0.29, 0.717) is 11.5 Å². The summed E-state index contributed by atoms with van der Waals surface area (Å²) in [6.45, 7) is 8.59. The molecule has 3 heteroatoms. The molecule has 1 N–H and O–H groups in total. The molecule has 3 aliphatic rings. The standard InChI is InChI=1S/C18H33NO2/c1-3-19-16(17(2)7-4-5-8-17)15-6-11-21-18(14-15)9-12-20-13-10-18/h15-16,19H,3-14H2,1-2H3. The van der Waals surface area contributed by atoms with E-state index >= 15 is 0 Å². The summed E-state index contributed by atoms with van der Waals surface area (Å²) >= 11 is 0. The highest BCUT2D eigenvalue weighted by atomic mass is 16.5. The minimum atomic E-state index is 0.129. The predicted molar refractivity (Wildman–Crippen MR) is 85.5 cm³/mol. The van der Waals surface area contributed by atoms with Crippen molar-refractivity contribution in [3.63, 3.8) is 0 Å². The van der Waals surface area contributed by atoms with Crippen LogP contribution in [-0.4, -0.2) is 38.0 Å². The molecule has 0 amide bonds. The number of hydrogen-bond acceptors (Lipinski definition) is 3. The van der Waals surface area contributed by atoms with Gasteiger partial charge in [0.1, 0.15) is 0 Å². The molecule has 3 fully saturated rings. The fourth-order valence-electron chi connectivity index (χ4n) is 5.14. The highest BCUT2D eigenvalue weighted by molar-refractivity contribution is 4.99. The normalized spacial score (nSPS) is 33.1. The van der Waals surface area contributed by atoms with Crippen molar-refractivity contribution in [3.05, 3.63) is 0 Å². The number of hydrogen-bond donors (Lipinski definition) is 1. The van der Waals surface area contributed by atoms with Crippen molar-refractivity contribution >= 4 is 0 Å². The maximum Gasteiger partial charge on any atom is 0.0729 e. The van der Waals surface area contributed by atoms with Crippen LogP contribution in [0.5, 0.6) is 0 Å². The Bertz CT molecular complexity index is 327. The number of ether oxygens (including phenoxy) is 2. The lowest BCUT2D eigenvalue weighted by molar-refractivity contribution is -0.154. The SMILES string of the molecule is CCNC(C1CCOC2(CCOCC2)C1)C1(C)CCCC1. The lowest BCUT2D eigenvalue weighted by atomic mass is 9.68. The largest absolute Gasteiger partial charge is 0.381 e. The van der Waals surface area contributed by atoms with Crippen molar-refractivity contribution in [2.75, 3.05) is 26.4 Å². The smallest absolute Gasteiger partial charge is 0.0729 e. The second-order valence-corrected chi connectivity index (χ2v) is 7.79. The summed E-state index contributed by atoms with van der Waals surface area (Å²) in [5, 5.41) is 3.87. The van der Waals surface area contributed by atoms with Crippen molar-refractivity contribution in [2.45, 2.75) is 76.9 Å². The second kappa shape index (κ2) is 6.55. The molecule has 2 heterocycles. The van der Waals surface area contributed by atoms with Crippen molar-refractivity contribution in [2.24, 2.45) is 11.3 Å². The second-order valence-electron chi connectivity index (χ2n) is 7.79. The molecule has 21 heavy (non-hydrogen) atoms. The van der Waals surface area contributed by atoms with E-state index in [1.54, 1.807) is 0 Å². The summed E-state index contributed by atoms with van der Waals surface area (Å²) < 4.78 is 11.8. The fraction of sp³-hybridized carbons (Fsp3) is 1.00. The third kappa shape index (κ3) is 3.30. The van der Waals surface area contributed by atoms with E-state index in [0.717, 1.165) is 45.1 Å². The van der Waals surface area contributed by atoms with Crippen molar-refractivity contribution in [1.29, 1.82) is 0 Å². The van der Waals surface area contributed by atoms with E-state index in [1.165, 1.54) is 38.5 Å². The van der Waals surface area contributed by atoms with Crippen LogP contribution in [0.4, 0.5) is 0 Å². The lowest BCUT2D eigenvalue weighted by Crippen LogP contribution is -2.53. The van der Waals surface area contributed by atoms with Gasteiger partial charge in [0.25, 0.3) is 0 Å². The van der Waals surface area contributed by atoms with Crippen molar-refractivity contribution < 1.29 is 9.47 Å². The Kier molecular flexibility index (Phi) is 4.92. The molecule has 0 aromatic rings. The maximum absolute atomic E-state index is 6.25. The fourth-order valence-corrected chi connectivity index (χ4v) is 5.14. The van der Waals surface area contributed by atoms with Gasteiger partial charge in [0.15, 0.2) is 0 Å². The van der Waals surface area contributed by atoms with Gasteiger partial charge in [-0.3, -0.25) is 0 Å². The molecule has 0 aromatic carbocycles. The molecule has 3 nitrogen and oxygen atoms in total. The van der Waals surface area contributed by atoms with Crippen molar-refractivity contribution in [3.8, 4) is 0 Å². The van der Waals surface area contributed by atoms with Crippen LogP contribution in [0.25, 0.3) is 0 Å². The molecule has 3 rings (SSSR count). The van der Waals surface area contributed by atoms with Gasteiger partial charge in [0.05, 0.1) is 5.60 Å². The van der Waals surface area contributed by atoms with Crippen LogP contribution >= 0.6 is 0 Å². The summed E-state index contributed by atoms with van der Waals surface area (Å²) in [6, 6.07) is 0.675. The predicted octanol–water partition coefficient (Wildman–Crippen LogP) is 3.52. The summed E-state index contributed by atoms with van der Waals surface area (Å²) in [5.74, 6) is 0.778. The van der Waals surface area contributed by atoms with Crippen LogP contribution in [0, 0.1) is 11.3 Å². The molecule has 0 bridgehead atoms. The highest BCUT2D eigenvalue weighted by Gasteiger charge is 2.46. The van der Waals surface area contributed by atoms with Crippen LogP contribution < -0.4 is 5.32 Å². The van der Waals surface area contributed by atoms with Gasteiger partial charge in [-0.25, -0.2) is 0 Å². The monoisotopic (exact) mass is 295 g/mol. The van der Waals surface area contributed by atoms with E-state index in [9.17, 15) is 0 Å².